The summed E-state index contributed by atoms with van der Waals surface area (Å²) >= 11 is 6.49. The Morgan fingerprint density at radius 2 is 1.39 bits per heavy atom. The maximum absolute atomic E-state index is 11.1. The highest BCUT2D eigenvalue weighted by atomic mass is 32.2. The second-order valence-electron chi connectivity index (χ2n) is 3.58. The number of carbonyl (C=O) groups is 2. The van der Waals surface area contributed by atoms with E-state index in [9.17, 15) is 9.59 Å². The predicted octanol–water partition coefficient (Wildman–Crippen LogP) is 3.10. The third-order valence-corrected chi connectivity index (χ3v) is 7.88. The van der Waals surface area contributed by atoms with Crippen molar-refractivity contribution in [3.8, 4) is 0 Å². The Morgan fingerprint density at radius 3 is 1.67 bits per heavy atom. The van der Waals surface area contributed by atoms with Gasteiger partial charge >= 0.3 is 0 Å². The molecule has 1 aliphatic heterocycles. The minimum Gasteiger partial charge on any atom is -0.282 e. The second-order valence-corrected chi connectivity index (χ2v) is 8.29. The lowest BCUT2D eigenvalue weighted by atomic mass is 10.5. The van der Waals surface area contributed by atoms with Crippen molar-refractivity contribution in [1.82, 2.24) is 0 Å². The molecule has 0 spiro atoms. The fourth-order valence-corrected chi connectivity index (χ4v) is 6.34. The summed E-state index contributed by atoms with van der Waals surface area (Å²) in [7, 11) is 0. The van der Waals surface area contributed by atoms with Gasteiger partial charge in [-0.05, 0) is 12.2 Å². The molecule has 1 aliphatic rings. The Labute approximate surface area is 125 Å². The predicted molar refractivity (Wildman–Crippen MR) is 87.8 cm³/mol. The van der Waals surface area contributed by atoms with Crippen molar-refractivity contribution < 1.29 is 9.59 Å². The molecule has 0 aromatic carbocycles. The van der Waals surface area contributed by atoms with Gasteiger partial charge in [0.15, 0.2) is 0 Å². The first kappa shape index (κ1) is 16.3. The molecule has 2 unspecified atom stereocenters. The van der Waals surface area contributed by atoms with Crippen molar-refractivity contribution in [2.75, 3.05) is 23.0 Å². The maximum atomic E-state index is 11.1. The van der Waals surface area contributed by atoms with E-state index in [1.165, 1.54) is 35.7 Å². The van der Waals surface area contributed by atoms with Crippen LogP contribution in [-0.4, -0.2) is 43.7 Å². The normalized spacial score (nSPS) is 23.3. The Bertz CT molecular complexity index is 290. The molecule has 1 fully saturated rings. The lowest BCUT2D eigenvalue weighted by Gasteiger charge is -2.26. The Morgan fingerprint density at radius 1 is 1.00 bits per heavy atom. The molecule has 18 heavy (non-hydrogen) atoms. The van der Waals surface area contributed by atoms with E-state index >= 15 is 0 Å². The number of hydrogen-bond donors (Lipinski definition) is 0. The molecule has 100 valence electrons. The van der Waals surface area contributed by atoms with Gasteiger partial charge in [0.2, 0.25) is 10.2 Å². The highest BCUT2D eigenvalue weighted by Crippen LogP contribution is 2.33. The van der Waals surface area contributed by atoms with Gasteiger partial charge in [-0.3, -0.25) is 9.59 Å². The van der Waals surface area contributed by atoms with Crippen LogP contribution in [0.15, 0.2) is 25.3 Å². The first-order valence-electron chi connectivity index (χ1n) is 5.47. The summed E-state index contributed by atoms with van der Waals surface area (Å²) in [5.74, 6) is 3.81. The molecule has 0 N–H and O–H groups in total. The molecule has 0 aromatic heterocycles. The van der Waals surface area contributed by atoms with E-state index in [1.807, 2.05) is 23.5 Å². The average Bonchev–Trinajstić information content (AvgIpc) is 2.43. The van der Waals surface area contributed by atoms with E-state index < -0.39 is 0 Å². The van der Waals surface area contributed by atoms with Crippen molar-refractivity contribution in [2.45, 2.75) is 10.5 Å². The zero-order valence-electron chi connectivity index (χ0n) is 10.0. The SMILES string of the molecule is C=CC(=O)SCC1CSC(CSC(=O)C=C)CS1. The molecule has 0 aromatic rings. The average molecular weight is 321 g/mol. The quantitative estimate of drug-likeness (QED) is 0.700. The van der Waals surface area contributed by atoms with Gasteiger partial charge in [0.25, 0.3) is 0 Å². The molecule has 2 nitrogen and oxygen atoms in total. The van der Waals surface area contributed by atoms with Gasteiger partial charge in [-0.2, -0.15) is 23.5 Å². The van der Waals surface area contributed by atoms with Crippen LogP contribution in [0, 0.1) is 0 Å². The third kappa shape index (κ3) is 6.41. The zero-order chi connectivity index (χ0) is 13.4. The fraction of sp³-hybridized carbons (Fsp3) is 0.500. The largest absolute Gasteiger partial charge is 0.282 e. The van der Waals surface area contributed by atoms with Crippen molar-refractivity contribution in [3.63, 3.8) is 0 Å². The summed E-state index contributed by atoms with van der Waals surface area (Å²) < 4.78 is 0. The summed E-state index contributed by atoms with van der Waals surface area (Å²) in [4.78, 5) is 22.2. The number of carbonyl (C=O) groups excluding carboxylic acids is 2. The van der Waals surface area contributed by atoms with Gasteiger partial charge in [-0.15, -0.1) is 0 Å². The summed E-state index contributed by atoms with van der Waals surface area (Å²) in [5.41, 5.74) is 0. The van der Waals surface area contributed by atoms with Gasteiger partial charge in [0, 0.05) is 33.5 Å². The van der Waals surface area contributed by atoms with Crippen molar-refractivity contribution in [3.05, 3.63) is 25.3 Å². The van der Waals surface area contributed by atoms with E-state index in [2.05, 4.69) is 13.2 Å². The summed E-state index contributed by atoms with van der Waals surface area (Å²) in [6, 6.07) is 0. The highest BCUT2D eigenvalue weighted by Gasteiger charge is 2.23. The minimum atomic E-state index is 0.0508. The standard InChI is InChI=1S/C12H16O2S4/c1-3-11(13)17-7-9-5-16-10(6-15-9)8-18-12(14)4-2/h3-4,9-10H,1-2,5-8H2. The van der Waals surface area contributed by atoms with Crippen LogP contribution in [0.4, 0.5) is 0 Å². The molecular formula is C12H16O2S4. The lowest BCUT2D eigenvalue weighted by Crippen LogP contribution is -2.25. The first-order chi connectivity index (χ1) is 8.65. The van der Waals surface area contributed by atoms with Gasteiger partial charge in [-0.1, -0.05) is 36.7 Å². The number of thioether (sulfide) groups is 4. The molecule has 0 saturated carbocycles. The molecule has 1 rings (SSSR count). The molecular weight excluding hydrogens is 304 g/mol. The monoisotopic (exact) mass is 320 g/mol. The molecule has 0 amide bonds. The Hall–Kier alpha value is 0.220. The Balaban J connectivity index is 2.16. The number of hydrogen-bond acceptors (Lipinski definition) is 6. The first-order valence-corrected chi connectivity index (χ1v) is 9.54. The van der Waals surface area contributed by atoms with Crippen LogP contribution < -0.4 is 0 Å². The van der Waals surface area contributed by atoms with Gasteiger partial charge in [-0.25, -0.2) is 0 Å². The van der Waals surface area contributed by atoms with Crippen LogP contribution in [-0.2, 0) is 9.59 Å². The lowest BCUT2D eigenvalue weighted by molar-refractivity contribution is -0.107. The summed E-state index contributed by atoms with van der Waals surface area (Å²) in [6.07, 6.45) is 2.73. The van der Waals surface area contributed by atoms with Crippen LogP contribution in [0.25, 0.3) is 0 Å². The maximum Gasteiger partial charge on any atom is 0.211 e. The second kappa shape index (κ2) is 9.18. The van der Waals surface area contributed by atoms with E-state index in [1.54, 1.807) is 0 Å². The summed E-state index contributed by atoms with van der Waals surface area (Å²) in [6.45, 7) is 6.92. The molecule has 0 radical (unpaired) electrons. The van der Waals surface area contributed by atoms with E-state index in [4.69, 9.17) is 0 Å². The smallest absolute Gasteiger partial charge is 0.211 e. The molecule has 6 heteroatoms. The molecule has 2 atom stereocenters. The molecule has 0 bridgehead atoms. The zero-order valence-corrected chi connectivity index (χ0v) is 13.3. The van der Waals surface area contributed by atoms with Crippen LogP contribution in [0.1, 0.15) is 0 Å². The molecule has 1 saturated heterocycles. The van der Waals surface area contributed by atoms with Gasteiger partial charge in [0.05, 0.1) is 0 Å². The summed E-state index contributed by atoms with van der Waals surface area (Å²) in [5, 5.41) is 1.16. The minimum absolute atomic E-state index is 0.0508. The van der Waals surface area contributed by atoms with Gasteiger partial charge < -0.3 is 0 Å². The van der Waals surface area contributed by atoms with E-state index in [0.717, 1.165) is 23.0 Å². The van der Waals surface area contributed by atoms with Crippen molar-refractivity contribution >= 4 is 57.3 Å². The molecule has 0 aliphatic carbocycles. The fourth-order valence-electron chi connectivity index (χ4n) is 1.24. The number of rotatable bonds is 6. The van der Waals surface area contributed by atoms with Gasteiger partial charge in [0.1, 0.15) is 0 Å². The third-order valence-electron chi connectivity index (χ3n) is 2.19. The van der Waals surface area contributed by atoms with Crippen LogP contribution in [0.2, 0.25) is 0 Å². The van der Waals surface area contributed by atoms with E-state index in [0.29, 0.717) is 10.5 Å². The van der Waals surface area contributed by atoms with Crippen molar-refractivity contribution in [1.29, 1.82) is 0 Å². The van der Waals surface area contributed by atoms with Crippen molar-refractivity contribution in [2.24, 2.45) is 0 Å². The molecule has 1 heterocycles. The van der Waals surface area contributed by atoms with E-state index in [-0.39, 0.29) is 10.2 Å². The topological polar surface area (TPSA) is 34.1 Å². The highest BCUT2D eigenvalue weighted by molar-refractivity contribution is 8.16. The van der Waals surface area contributed by atoms with Crippen LogP contribution in [0.3, 0.4) is 0 Å². The van der Waals surface area contributed by atoms with Crippen LogP contribution in [0.5, 0.6) is 0 Å². The Kier molecular flexibility index (Phi) is 8.30. The van der Waals surface area contributed by atoms with Crippen LogP contribution >= 0.6 is 47.0 Å².